The average Bonchev–Trinajstić information content (AvgIpc) is 2.53. The van der Waals surface area contributed by atoms with Crippen LogP contribution in [0.25, 0.3) is 11.3 Å². The minimum atomic E-state index is 0.840. The van der Waals surface area contributed by atoms with Crippen molar-refractivity contribution >= 4 is 15.9 Å². The van der Waals surface area contributed by atoms with Gasteiger partial charge < -0.3 is 4.42 Å². The van der Waals surface area contributed by atoms with Crippen LogP contribution >= 0.6 is 15.9 Å². The number of rotatable bonds is 1. The lowest BCUT2D eigenvalue weighted by Crippen LogP contribution is -1.75. The smallest absolute Gasteiger partial charge is 0.137 e. The van der Waals surface area contributed by atoms with Crippen LogP contribution in [0.5, 0.6) is 0 Å². The van der Waals surface area contributed by atoms with Gasteiger partial charge in [0.1, 0.15) is 5.76 Å². The highest BCUT2D eigenvalue weighted by atomic mass is 79.9. The first-order chi connectivity index (χ1) is 6.27. The molecule has 65 valence electrons. The van der Waals surface area contributed by atoms with Crippen molar-refractivity contribution < 1.29 is 4.42 Å². The SMILES string of the molecule is [CH2]c1ccoc1-c1ccc(Br)cc1. The van der Waals surface area contributed by atoms with Gasteiger partial charge in [0.2, 0.25) is 0 Å². The Morgan fingerprint density at radius 1 is 1.08 bits per heavy atom. The Balaban J connectivity index is 2.47. The summed E-state index contributed by atoms with van der Waals surface area (Å²) in [7, 11) is 0. The van der Waals surface area contributed by atoms with E-state index in [0.717, 1.165) is 21.4 Å². The molecule has 0 atom stereocenters. The van der Waals surface area contributed by atoms with Gasteiger partial charge in [-0.1, -0.05) is 28.1 Å². The standard InChI is InChI=1S/C11H8BrO/c1-8-6-7-13-11(8)9-2-4-10(12)5-3-9/h2-7H,1H2. The van der Waals surface area contributed by atoms with E-state index in [1.165, 1.54) is 0 Å². The van der Waals surface area contributed by atoms with Crippen molar-refractivity contribution in [1.29, 1.82) is 0 Å². The van der Waals surface area contributed by atoms with Gasteiger partial charge in [0.25, 0.3) is 0 Å². The zero-order valence-corrected chi connectivity index (χ0v) is 8.54. The lowest BCUT2D eigenvalue weighted by Gasteiger charge is -1.98. The molecule has 0 aliphatic rings. The van der Waals surface area contributed by atoms with Gasteiger partial charge in [0.05, 0.1) is 6.26 Å². The molecule has 2 rings (SSSR count). The summed E-state index contributed by atoms with van der Waals surface area (Å²) in [6.07, 6.45) is 1.65. The molecule has 1 radical (unpaired) electrons. The van der Waals surface area contributed by atoms with E-state index in [4.69, 9.17) is 4.42 Å². The fourth-order valence-electron chi connectivity index (χ4n) is 1.19. The number of benzene rings is 1. The summed E-state index contributed by atoms with van der Waals surface area (Å²) in [5.74, 6) is 0.840. The highest BCUT2D eigenvalue weighted by Crippen LogP contribution is 2.25. The van der Waals surface area contributed by atoms with Gasteiger partial charge in [0.15, 0.2) is 0 Å². The molecule has 1 aromatic carbocycles. The first kappa shape index (κ1) is 8.57. The number of furan rings is 1. The maximum Gasteiger partial charge on any atom is 0.137 e. The maximum absolute atomic E-state index is 5.31. The number of halogens is 1. The van der Waals surface area contributed by atoms with Gasteiger partial charge in [-0.3, -0.25) is 0 Å². The number of hydrogen-bond acceptors (Lipinski definition) is 1. The van der Waals surface area contributed by atoms with Gasteiger partial charge in [-0.25, -0.2) is 0 Å². The Morgan fingerprint density at radius 3 is 2.31 bits per heavy atom. The molecule has 1 aromatic heterocycles. The molecule has 0 N–H and O–H groups in total. The molecular weight excluding hydrogens is 228 g/mol. The van der Waals surface area contributed by atoms with E-state index in [1.54, 1.807) is 6.26 Å². The normalized spacial score (nSPS) is 10.3. The minimum absolute atomic E-state index is 0.840. The highest BCUT2D eigenvalue weighted by molar-refractivity contribution is 9.10. The van der Waals surface area contributed by atoms with Gasteiger partial charge >= 0.3 is 0 Å². The third-order valence-corrected chi connectivity index (χ3v) is 2.38. The van der Waals surface area contributed by atoms with Crippen LogP contribution in [0.3, 0.4) is 0 Å². The van der Waals surface area contributed by atoms with Crippen LogP contribution in [0, 0.1) is 6.92 Å². The molecule has 0 aliphatic heterocycles. The first-order valence-corrected chi connectivity index (χ1v) is 4.72. The summed E-state index contributed by atoms with van der Waals surface area (Å²) >= 11 is 3.38. The first-order valence-electron chi connectivity index (χ1n) is 3.93. The summed E-state index contributed by atoms with van der Waals surface area (Å²) in [5.41, 5.74) is 1.97. The van der Waals surface area contributed by atoms with Gasteiger partial charge in [-0.15, -0.1) is 0 Å². The molecule has 2 heteroatoms. The minimum Gasteiger partial charge on any atom is -0.464 e. The Morgan fingerprint density at radius 2 is 1.77 bits per heavy atom. The van der Waals surface area contributed by atoms with Crippen molar-refractivity contribution in [3.8, 4) is 11.3 Å². The fourth-order valence-corrected chi connectivity index (χ4v) is 1.45. The average molecular weight is 236 g/mol. The van der Waals surface area contributed by atoms with Crippen molar-refractivity contribution in [3.05, 3.63) is 53.6 Å². The van der Waals surface area contributed by atoms with E-state index < -0.39 is 0 Å². The number of hydrogen-bond donors (Lipinski definition) is 0. The predicted octanol–water partition coefficient (Wildman–Crippen LogP) is 3.89. The third-order valence-electron chi connectivity index (χ3n) is 1.85. The molecule has 0 bridgehead atoms. The molecule has 0 saturated carbocycles. The van der Waals surface area contributed by atoms with Crippen LogP contribution in [0.2, 0.25) is 0 Å². The van der Waals surface area contributed by atoms with Crippen molar-refractivity contribution in [2.24, 2.45) is 0 Å². The van der Waals surface area contributed by atoms with Crippen LogP contribution in [0.4, 0.5) is 0 Å². The molecule has 0 unspecified atom stereocenters. The second-order valence-corrected chi connectivity index (χ2v) is 3.70. The summed E-state index contributed by atoms with van der Waals surface area (Å²) in [4.78, 5) is 0. The van der Waals surface area contributed by atoms with Crippen LogP contribution < -0.4 is 0 Å². The topological polar surface area (TPSA) is 13.1 Å². The van der Waals surface area contributed by atoms with Gasteiger partial charge in [-0.2, -0.15) is 0 Å². The molecule has 1 heterocycles. The molecule has 2 aromatic rings. The molecule has 0 saturated heterocycles. The molecule has 1 nitrogen and oxygen atoms in total. The van der Waals surface area contributed by atoms with E-state index >= 15 is 0 Å². The van der Waals surface area contributed by atoms with Crippen LogP contribution in [0.1, 0.15) is 5.56 Å². The Labute approximate surface area is 85.5 Å². The molecule has 0 aliphatic carbocycles. The van der Waals surface area contributed by atoms with Crippen molar-refractivity contribution in [1.82, 2.24) is 0 Å². The molecule has 0 fully saturated rings. The molecule has 0 amide bonds. The fraction of sp³-hybridized carbons (Fsp3) is 0. The summed E-state index contributed by atoms with van der Waals surface area (Å²) < 4.78 is 6.38. The van der Waals surface area contributed by atoms with E-state index in [-0.39, 0.29) is 0 Å². The summed E-state index contributed by atoms with van der Waals surface area (Å²) in [5, 5.41) is 0. The van der Waals surface area contributed by atoms with E-state index in [9.17, 15) is 0 Å². The van der Waals surface area contributed by atoms with Gasteiger partial charge in [0, 0.05) is 10.0 Å². The van der Waals surface area contributed by atoms with E-state index in [2.05, 4.69) is 22.9 Å². The van der Waals surface area contributed by atoms with Crippen molar-refractivity contribution in [3.63, 3.8) is 0 Å². The van der Waals surface area contributed by atoms with Crippen LogP contribution in [-0.4, -0.2) is 0 Å². The van der Waals surface area contributed by atoms with Gasteiger partial charge in [-0.05, 0) is 30.7 Å². The monoisotopic (exact) mass is 235 g/mol. The van der Waals surface area contributed by atoms with Crippen LogP contribution in [-0.2, 0) is 0 Å². The lowest BCUT2D eigenvalue weighted by molar-refractivity contribution is 0.581. The second kappa shape index (κ2) is 3.38. The molecule has 13 heavy (non-hydrogen) atoms. The van der Waals surface area contributed by atoms with Crippen LogP contribution in [0.15, 0.2) is 45.5 Å². The van der Waals surface area contributed by atoms with E-state index in [1.807, 2.05) is 30.3 Å². The third kappa shape index (κ3) is 1.68. The second-order valence-electron chi connectivity index (χ2n) is 2.78. The summed E-state index contributed by atoms with van der Waals surface area (Å²) in [6.45, 7) is 3.87. The highest BCUT2D eigenvalue weighted by Gasteiger charge is 2.03. The Bertz CT molecular complexity index is 400. The maximum atomic E-state index is 5.31. The van der Waals surface area contributed by atoms with E-state index in [0.29, 0.717) is 0 Å². The molecule has 0 spiro atoms. The largest absolute Gasteiger partial charge is 0.464 e. The summed E-state index contributed by atoms with van der Waals surface area (Å²) in [6, 6.07) is 9.82. The Kier molecular flexibility index (Phi) is 2.23. The Hall–Kier alpha value is -1.02. The molecular formula is C11H8BrO. The van der Waals surface area contributed by atoms with Crippen molar-refractivity contribution in [2.75, 3.05) is 0 Å². The van der Waals surface area contributed by atoms with Crippen molar-refractivity contribution in [2.45, 2.75) is 0 Å². The quantitative estimate of drug-likeness (QED) is 0.731. The zero-order chi connectivity index (χ0) is 9.26. The predicted molar refractivity (Wildman–Crippen MR) is 56.3 cm³/mol. The zero-order valence-electron chi connectivity index (χ0n) is 6.96. The lowest BCUT2D eigenvalue weighted by atomic mass is 10.1.